The Balaban J connectivity index is 1.84. The standard InChI is InChI=1S/C16H17FN2O2/c1-21-13-7-8-14(17)15(9-13)18-11-16(20)19-10-12-5-3-2-4-6-12/h2-9,18H,10-11H2,1H3,(H,19,20). The first-order valence-electron chi connectivity index (χ1n) is 6.57. The van der Waals surface area contributed by atoms with Crippen LogP contribution in [0.25, 0.3) is 0 Å². The predicted octanol–water partition coefficient (Wildman–Crippen LogP) is 2.56. The fourth-order valence-electron chi connectivity index (χ4n) is 1.80. The van der Waals surface area contributed by atoms with Crippen LogP contribution >= 0.6 is 0 Å². The number of carbonyl (C=O) groups is 1. The Morgan fingerprint density at radius 1 is 1.19 bits per heavy atom. The lowest BCUT2D eigenvalue weighted by molar-refractivity contribution is -0.119. The molecule has 21 heavy (non-hydrogen) atoms. The van der Waals surface area contributed by atoms with E-state index in [1.54, 1.807) is 0 Å². The van der Waals surface area contributed by atoms with Crippen LogP contribution in [0, 0.1) is 5.82 Å². The van der Waals surface area contributed by atoms with Gasteiger partial charge in [-0.25, -0.2) is 4.39 Å². The number of carbonyl (C=O) groups excluding carboxylic acids is 1. The third kappa shape index (κ3) is 4.49. The fraction of sp³-hybridized carbons (Fsp3) is 0.188. The number of halogens is 1. The summed E-state index contributed by atoms with van der Waals surface area (Å²) < 4.78 is 18.6. The minimum atomic E-state index is -0.424. The highest BCUT2D eigenvalue weighted by molar-refractivity contribution is 5.80. The molecule has 0 heterocycles. The molecule has 2 N–H and O–H groups in total. The van der Waals surface area contributed by atoms with Gasteiger partial charge in [0, 0.05) is 12.6 Å². The number of ether oxygens (including phenoxy) is 1. The molecule has 0 saturated carbocycles. The van der Waals surface area contributed by atoms with E-state index in [9.17, 15) is 9.18 Å². The highest BCUT2D eigenvalue weighted by Gasteiger charge is 2.06. The van der Waals surface area contributed by atoms with Crippen molar-refractivity contribution in [2.45, 2.75) is 6.54 Å². The molecule has 0 aliphatic rings. The first kappa shape index (κ1) is 14.8. The van der Waals surface area contributed by atoms with Gasteiger partial charge in [0.05, 0.1) is 19.3 Å². The van der Waals surface area contributed by atoms with Crippen LogP contribution in [0.5, 0.6) is 5.75 Å². The van der Waals surface area contributed by atoms with Gasteiger partial charge in [-0.15, -0.1) is 0 Å². The zero-order valence-corrected chi connectivity index (χ0v) is 11.7. The van der Waals surface area contributed by atoms with E-state index in [2.05, 4.69) is 10.6 Å². The van der Waals surface area contributed by atoms with E-state index >= 15 is 0 Å². The summed E-state index contributed by atoms with van der Waals surface area (Å²) in [6.07, 6.45) is 0. The highest BCUT2D eigenvalue weighted by atomic mass is 19.1. The third-order valence-electron chi connectivity index (χ3n) is 2.95. The second kappa shape index (κ2) is 7.28. The largest absolute Gasteiger partial charge is 0.497 e. The number of hydrogen-bond donors (Lipinski definition) is 2. The second-order valence-electron chi connectivity index (χ2n) is 4.46. The van der Waals surface area contributed by atoms with Crippen molar-refractivity contribution in [1.29, 1.82) is 0 Å². The van der Waals surface area contributed by atoms with Crippen LogP contribution < -0.4 is 15.4 Å². The van der Waals surface area contributed by atoms with Gasteiger partial charge in [-0.2, -0.15) is 0 Å². The Morgan fingerprint density at radius 3 is 2.67 bits per heavy atom. The number of rotatable bonds is 6. The van der Waals surface area contributed by atoms with Gasteiger partial charge in [-0.05, 0) is 17.7 Å². The number of benzene rings is 2. The van der Waals surface area contributed by atoms with Gasteiger partial charge in [-0.1, -0.05) is 30.3 Å². The molecule has 0 aromatic heterocycles. The molecule has 2 rings (SSSR count). The third-order valence-corrected chi connectivity index (χ3v) is 2.95. The Kier molecular flexibility index (Phi) is 5.15. The van der Waals surface area contributed by atoms with Crippen molar-refractivity contribution in [2.24, 2.45) is 0 Å². The van der Waals surface area contributed by atoms with Crippen molar-refractivity contribution in [1.82, 2.24) is 5.32 Å². The molecule has 0 bridgehead atoms. The monoisotopic (exact) mass is 288 g/mol. The molecule has 0 atom stereocenters. The van der Waals surface area contributed by atoms with Gasteiger partial charge in [0.2, 0.25) is 5.91 Å². The average Bonchev–Trinajstić information content (AvgIpc) is 2.53. The van der Waals surface area contributed by atoms with Gasteiger partial charge in [0.25, 0.3) is 0 Å². The van der Waals surface area contributed by atoms with Crippen molar-refractivity contribution in [3.05, 3.63) is 59.9 Å². The van der Waals surface area contributed by atoms with Crippen LogP contribution in [0.2, 0.25) is 0 Å². The first-order chi connectivity index (χ1) is 10.2. The molecule has 0 spiro atoms. The molecule has 110 valence electrons. The van der Waals surface area contributed by atoms with E-state index in [1.165, 1.54) is 25.3 Å². The second-order valence-corrected chi connectivity index (χ2v) is 4.46. The lowest BCUT2D eigenvalue weighted by atomic mass is 10.2. The summed E-state index contributed by atoms with van der Waals surface area (Å²) in [6, 6.07) is 13.9. The molecule has 0 radical (unpaired) electrons. The highest BCUT2D eigenvalue weighted by Crippen LogP contribution is 2.20. The zero-order chi connectivity index (χ0) is 15.1. The van der Waals surface area contributed by atoms with Crippen molar-refractivity contribution in [3.63, 3.8) is 0 Å². The van der Waals surface area contributed by atoms with Gasteiger partial charge in [-0.3, -0.25) is 4.79 Å². The zero-order valence-electron chi connectivity index (χ0n) is 11.7. The van der Waals surface area contributed by atoms with Crippen molar-refractivity contribution < 1.29 is 13.9 Å². The van der Waals surface area contributed by atoms with Crippen molar-refractivity contribution in [2.75, 3.05) is 19.0 Å². The normalized spacial score (nSPS) is 10.0. The van der Waals surface area contributed by atoms with Crippen molar-refractivity contribution in [3.8, 4) is 5.75 Å². The Hall–Kier alpha value is -2.56. The molecule has 0 unspecified atom stereocenters. The summed E-state index contributed by atoms with van der Waals surface area (Å²) in [5, 5.41) is 5.52. The van der Waals surface area contributed by atoms with Gasteiger partial charge in [0.15, 0.2) is 0 Å². The van der Waals surface area contributed by atoms with E-state index in [-0.39, 0.29) is 18.1 Å². The average molecular weight is 288 g/mol. The maximum atomic E-state index is 13.6. The van der Waals surface area contributed by atoms with Gasteiger partial charge < -0.3 is 15.4 Å². The molecule has 0 aliphatic heterocycles. The quantitative estimate of drug-likeness (QED) is 0.859. The number of methoxy groups -OCH3 is 1. The van der Waals surface area contributed by atoms with Gasteiger partial charge in [0.1, 0.15) is 11.6 Å². The molecular formula is C16H17FN2O2. The van der Waals surface area contributed by atoms with Crippen LogP contribution in [0.4, 0.5) is 10.1 Å². The summed E-state index contributed by atoms with van der Waals surface area (Å²) in [7, 11) is 1.50. The minimum absolute atomic E-state index is 0.00305. The van der Waals surface area contributed by atoms with Gasteiger partial charge >= 0.3 is 0 Å². The van der Waals surface area contributed by atoms with Crippen molar-refractivity contribution >= 4 is 11.6 Å². The molecule has 4 nitrogen and oxygen atoms in total. The van der Waals surface area contributed by atoms with Crippen LogP contribution in [0.15, 0.2) is 48.5 Å². The van der Waals surface area contributed by atoms with E-state index in [1.807, 2.05) is 30.3 Å². The van der Waals surface area contributed by atoms with E-state index in [0.717, 1.165) is 5.56 Å². The topological polar surface area (TPSA) is 50.4 Å². The maximum absolute atomic E-state index is 13.6. The summed E-state index contributed by atoms with van der Waals surface area (Å²) in [6.45, 7) is 0.443. The molecule has 1 amide bonds. The Bertz CT molecular complexity index is 602. The number of nitrogens with one attached hydrogen (secondary N) is 2. The molecule has 0 fully saturated rings. The van der Waals surface area contributed by atoms with Crippen LogP contribution in [0.3, 0.4) is 0 Å². The SMILES string of the molecule is COc1ccc(F)c(NCC(=O)NCc2ccccc2)c1. The smallest absolute Gasteiger partial charge is 0.239 e. The van der Waals surface area contributed by atoms with Crippen LogP contribution in [-0.2, 0) is 11.3 Å². The fourth-order valence-corrected chi connectivity index (χ4v) is 1.80. The Labute approximate surface area is 122 Å². The molecule has 0 saturated heterocycles. The molecular weight excluding hydrogens is 271 g/mol. The van der Waals surface area contributed by atoms with E-state index in [4.69, 9.17) is 4.74 Å². The summed E-state index contributed by atoms with van der Waals surface area (Å²) in [5.74, 6) is -0.101. The first-order valence-corrected chi connectivity index (χ1v) is 6.57. The molecule has 0 aliphatic carbocycles. The molecule has 2 aromatic carbocycles. The predicted molar refractivity (Wildman–Crippen MR) is 79.7 cm³/mol. The molecule has 2 aromatic rings. The number of hydrogen-bond acceptors (Lipinski definition) is 3. The lowest BCUT2D eigenvalue weighted by Gasteiger charge is -2.10. The van der Waals surface area contributed by atoms with Crippen LogP contribution in [-0.4, -0.2) is 19.6 Å². The van der Waals surface area contributed by atoms with E-state index < -0.39 is 5.82 Å². The lowest BCUT2D eigenvalue weighted by Crippen LogP contribution is -2.29. The Morgan fingerprint density at radius 2 is 1.95 bits per heavy atom. The van der Waals surface area contributed by atoms with Crippen LogP contribution in [0.1, 0.15) is 5.56 Å². The summed E-state index contributed by atoms with van der Waals surface area (Å²) in [5.41, 5.74) is 1.25. The maximum Gasteiger partial charge on any atom is 0.239 e. The summed E-state index contributed by atoms with van der Waals surface area (Å²) in [4.78, 5) is 11.7. The van der Waals surface area contributed by atoms with E-state index in [0.29, 0.717) is 12.3 Å². The number of anilines is 1. The molecule has 5 heteroatoms. The number of amides is 1. The summed E-state index contributed by atoms with van der Waals surface area (Å²) >= 11 is 0. The minimum Gasteiger partial charge on any atom is -0.497 e.